The van der Waals surface area contributed by atoms with Crippen LogP contribution in [0.5, 0.6) is 5.75 Å². The van der Waals surface area contributed by atoms with E-state index in [0.29, 0.717) is 18.1 Å². The van der Waals surface area contributed by atoms with Gasteiger partial charge in [0, 0.05) is 56.1 Å². The molecule has 7 nitrogen and oxygen atoms in total. The van der Waals surface area contributed by atoms with Crippen molar-refractivity contribution in [2.45, 2.75) is 6.42 Å². The summed E-state index contributed by atoms with van der Waals surface area (Å²) in [4.78, 5) is 13.4. The Morgan fingerprint density at radius 3 is 2.60 bits per heavy atom. The van der Waals surface area contributed by atoms with Crippen LogP contribution in [0.4, 0.5) is 21.6 Å². The van der Waals surface area contributed by atoms with Crippen LogP contribution in [0.25, 0.3) is 23.1 Å². The van der Waals surface area contributed by atoms with Crippen LogP contribution in [0, 0.1) is 5.82 Å². The number of halogens is 2. The molecular formula is C31H33ClFN5O2. The molecule has 0 aliphatic carbocycles. The summed E-state index contributed by atoms with van der Waals surface area (Å²) in [6, 6.07) is 16.8. The van der Waals surface area contributed by atoms with Crippen molar-refractivity contribution in [1.82, 2.24) is 14.9 Å². The lowest BCUT2D eigenvalue weighted by Crippen LogP contribution is -2.37. The lowest BCUT2D eigenvalue weighted by atomic mass is 10.1. The quantitative estimate of drug-likeness (QED) is 0.175. The van der Waals surface area contributed by atoms with Gasteiger partial charge in [-0.3, -0.25) is 4.90 Å². The Morgan fingerprint density at radius 2 is 1.85 bits per heavy atom. The standard InChI is InChI=1S/C31H33ClFN5O2/c1-37(2)25-9-5-22(6-10-25)4-7-23-18-29-26(20-30(23)40-15-3-12-38-13-16-39-17-14-38)31(35-21-34-29)36-24-8-11-28(33)27(32)19-24/h4-11,18-21H,3,12-17H2,1-2H3,(H,34,35,36)/b7-4+. The summed E-state index contributed by atoms with van der Waals surface area (Å²) in [6.45, 7) is 5.01. The van der Waals surface area contributed by atoms with Gasteiger partial charge >= 0.3 is 0 Å². The van der Waals surface area contributed by atoms with Crippen molar-refractivity contribution in [3.63, 3.8) is 0 Å². The van der Waals surface area contributed by atoms with Crippen LogP contribution >= 0.6 is 11.6 Å². The van der Waals surface area contributed by atoms with Gasteiger partial charge in [0.25, 0.3) is 0 Å². The van der Waals surface area contributed by atoms with E-state index in [1.807, 2.05) is 26.2 Å². The Kier molecular flexibility index (Phi) is 9.11. The van der Waals surface area contributed by atoms with Gasteiger partial charge in [0.05, 0.1) is 30.4 Å². The van der Waals surface area contributed by atoms with Crippen LogP contribution in [0.1, 0.15) is 17.5 Å². The van der Waals surface area contributed by atoms with Crippen molar-refractivity contribution in [3.05, 3.63) is 82.9 Å². The molecule has 2 heterocycles. The third-order valence-corrected chi connectivity index (χ3v) is 7.08. The summed E-state index contributed by atoms with van der Waals surface area (Å²) in [5, 5.41) is 4.08. The molecule has 40 heavy (non-hydrogen) atoms. The van der Waals surface area contributed by atoms with E-state index in [1.54, 1.807) is 6.07 Å². The number of aromatic nitrogens is 2. The van der Waals surface area contributed by atoms with Gasteiger partial charge in [-0.1, -0.05) is 35.9 Å². The van der Waals surface area contributed by atoms with E-state index in [2.05, 4.69) is 61.5 Å². The Labute approximate surface area is 239 Å². The molecule has 0 radical (unpaired) electrons. The molecule has 0 spiro atoms. The van der Waals surface area contributed by atoms with E-state index in [1.165, 1.54) is 18.5 Å². The molecule has 0 saturated carbocycles. The minimum atomic E-state index is -0.472. The second-order valence-electron chi connectivity index (χ2n) is 9.86. The molecule has 1 N–H and O–H groups in total. The highest BCUT2D eigenvalue weighted by Crippen LogP contribution is 2.32. The average molecular weight is 562 g/mol. The predicted octanol–water partition coefficient (Wildman–Crippen LogP) is 6.50. The fourth-order valence-electron chi connectivity index (χ4n) is 4.53. The Balaban J connectivity index is 1.41. The zero-order valence-corrected chi connectivity index (χ0v) is 23.5. The summed E-state index contributed by atoms with van der Waals surface area (Å²) in [7, 11) is 4.05. The monoisotopic (exact) mass is 561 g/mol. The van der Waals surface area contributed by atoms with Crippen molar-refractivity contribution in [2.24, 2.45) is 0 Å². The first-order valence-electron chi connectivity index (χ1n) is 13.4. The van der Waals surface area contributed by atoms with Crippen molar-refractivity contribution >= 4 is 51.8 Å². The SMILES string of the molecule is CN(C)c1ccc(/C=C/c2cc3ncnc(Nc4ccc(F)c(Cl)c4)c3cc2OCCCN2CCOCC2)cc1. The molecule has 1 aliphatic rings. The minimum absolute atomic E-state index is 0.0405. The van der Waals surface area contributed by atoms with Crippen LogP contribution in [0.3, 0.4) is 0 Å². The molecule has 5 rings (SSSR count). The lowest BCUT2D eigenvalue weighted by Gasteiger charge is -2.26. The van der Waals surface area contributed by atoms with E-state index in [9.17, 15) is 4.39 Å². The van der Waals surface area contributed by atoms with Gasteiger partial charge in [-0.2, -0.15) is 0 Å². The number of hydrogen-bond acceptors (Lipinski definition) is 7. The first kappa shape index (κ1) is 27.8. The number of ether oxygens (including phenoxy) is 2. The van der Waals surface area contributed by atoms with Gasteiger partial charge in [0.1, 0.15) is 23.7 Å². The summed E-state index contributed by atoms with van der Waals surface area (Å²) in [5.74, 6) is 0.853. The topological polar surface area (TPSA) is 62.8 Å². The number of fused-ring (bicyclic) bond motifs is 1. The van der Waals surface area contributed by atoms with Crippen LogP contribution in [0.2, 0.25) is 5.02 Å². The highest BCUT2D eigenvalue weighted by atomic mass is 35.5. The summed E-state index contributed by atoms with van der Waals surface area (Å²) in [5.41, 5.74) is 4.54. The van der Waals surface area contributed by atoms with E-state index in [4.69, 9.17) is 21.1 Å². The number of benzene rings is 3. The third kappa shape index (κ3) is 7.07. The number of rotatable bonds is 10. The molecule has 4 aromatic rings. The first-order valence-corrected chi connectivity index (χ1v) is 13.7. The highest BCUT2D eigenvalue weighted by molar-refractivity contribution is 6.31. The van der Waals surface area contributed by atoms with Crippen molar-refractivity contribution in [2.75, 3.05) is 63.8 Å². The summed E-state index contributed by atoms with van der Waals surface area (Å²) >= 11 is 5.99. The van der Waals surface area contributed by atoms with Gasteiger partial charge in [-0.15, -0.1) is 0 Å². The first-order chi connectivity index (χ1) is 19.5. The molecule has 208 valence electrons. The van der Waals surface area contributed by atoms with Gasteiger partial charge in [0.2, 0.25) is 0 Å². The molecule has 1 fully saturated rings. The molecule has 0 unspecified atom stereocenters. The highest BCUT2D eigenvalue weighted by Gasteiger charge is 2.13. The van der Waals surface area contributed by atoms with E-state index in [0.717, 1.165) is 72.7 Å². The number of anilines is 3. The Hall–Kier alpha value is -3.72. The van der Waals surface area contributed by atoms with Gasteiger partial charge < -0.3 is 19.7 Å². The molecule has 0 bridgehead atoms. The van der Waals surface area contributed by atoms with Crippen molar-refractivity contribution < 1.29 is 13.9 Å². The summed E-state index contributed by atoms with van der Waals surface area (Å²) < 4.78 is 25.5. The fraction of sp³-hybridized carbons (Fsp3) is 0.290. The molecule has 9 heteroatoms. The van der Waals surface area contributed by atoms with E-state index in [-0.39, 0.29) is 5.02 Å². The van der Waals surface area contributed by atoms with Crippen LogP contribution < -0.4 is 15.0 Å². The van der Waals surface area contributed by atoms with Crippen molar-refractivity contribution in [3.8, 4) is 5.75 Å². The Morgan fingerprint density at radius 1 is 1.05 bits per heavy atom. The summed E-state index contributed by atoms with van der Waals surface area (Å²) in [6.07, 6.45) is 6.53. The average Bonchev–Trinajstić information content (AvgIpc) is 2.97. The molecule has 0 amide bonds. The molecule has 1 aromatic heterocycles. The zero-order chi connectivity index (χ0) is 27.9. The van der Waals surface area contributed by atoms with Gasteiger partial charge in [0.15, 0.2) is 0 Å². The molecular weight excluding hydrogens is 529 g/mol. The maximum Gasteiger partial charge on any atom is 0.141 e. The molecule has 0 atom stereocenters. The van der Waals surface area contributed by atoms with Gasteiger partial charge in [-0.05, 0) is 54.4 Å². The van der Waals surface area contributed by atoms with Crippen LogP contribution in [0.15, 0.2) is 60.9 Å². The fourth-order valence-corrected chi connectivity index (χ4v) is 4.71. The normalized spacial score (nSPS) is 14.1. The van der Waals surface area contributed by atoms with Crippen LogP contribution in [-0.2, 0) is 4.74 Å². The molecule has 1 saturated heterocycles. The minimum Gasteiger partial charge on any atom is -0.493 e. The van der Waals surface area contributed by atoms with Gasteiger partial charge in [-0.25, -0.2) is 14.4 Å². The van der Waals surface area contributed by atoms with Crippen molar-refractivity contribution in [1.29, 1.82) is 0 Å². The number of morpholine rings is 1. The van der Waals surface area contributed by atoms with E-state index < -0.39 is 5.82 Å². The smallest absolute Gasteiger partial charge is 0.141 e. The number of nitrogens with zero attached hydrogens (tertiary/aromatic N) is 4. The third-order valence-electron chi connectivity index (χ3n) is 6.79. The molecule has 1 aliphatic heterocycles. The zero-order valence-electron chi connectivity index (χ0n) is 22.7. The van der Waals surface area contributed by atoms with E-state index >= 15 is 0 Å². The second-order valence-corrected chi connectivity index (χ2v) is 10.3. The largest absolute Gasteiger partial charge is 0.493 e. The maximum absolute atomic E-state index is 13.7. The maximum atomic E-state index is 13.7. The van der Waals surface area contributed by atoms with Crippen LogP contribution in [-0.4, -0.2) is 68.4 Å². The second kappa shape index (κ2) is 13.1. The molecule has 3 aromatic carbocycles. The number of nitrogens with one attached hydrogen (secondary N) is 1. The Bertz CT molecular complexity index is 1470. The predicted molar refractivity (Wildman–Crippen MR) is 161 cm³/mol. The number of hydrogen-bond donors (Lipinski definition) is 1. The lowest BCUT2D eigenvalue weighted by molar-refractivity contribution is 0.0358.